The summed E-state index contributed by atoms with van der Waals surface area (Å²) in [6.45, 7) is 2.61. The van der Waals surface area contributed by atoms with E-state index in [0.717, 1.165) is 11.0 Å². The van der Waals surface area contributed by atoms with Crippen LogP contribution in [0.3, 0.4) is 0 Å². The van der Waals surface area contributed by atoms with E-state index in [1.807, 2.05) is 0 Å². The van der Waals surface area contributed by atoms with Crippen molar-refractivity contribution in [3.05, 3.63) is 99.0 Å². The van der Waals surface area contributed by atoms with Crippen LogP contribution >= 0.6 is 23.2 Å². The van der Waals surface area contributed by atoms with Crippen molar-refractivity contribution in [1.29, 1.82) is 5.26 Å². The minimum absolute atomic E-state index is 0.00778. The van der Waals surface area contributed by atoms with E-state index in [0.29, 0.717) is 0 Å². The third kappa shape index (κ3) is 6.31. The normalized spacial score (nSPS) is 21.6. The van der Waals surface area contributed by atoms with Crippen LogP contribution < -0.4 is 10.5 Å². The van der Waals surface area contributed by atoms with Crippen LogP contribution in [0.25, 0.3) is 0 Å². The van der Waals surface area contributed by atoms with Gasteiger partial charge < -0.3 is 25.2 Å². The molecule has 1 saturated heterocycles. The third-order valence-electron chi connectivity index (χ3n) is 7.81. The van der Waals surface area contributed by atoms with Crippen molar-refractivity contribution in [1.82, 2.24) is 4.90 Å². The highest BCUT2D eigenvalue weighted by molar-refractivity contribution is 6.31. The van der Waals surface area contributed by atoms with Crippen LogP contribution in [-0.4, -0.2) is 59.2 Å². The number of primary amides is 1. The molecule has 0 aliphatic carbocycles. The molecule has 4 rings (SSSR count). The van der Waals surface area contributed by atoms with E-state index in [1.165, 1.54) is 49.4 Å². The number of ether oxygens (including phenoxy) is 2. The van der Waals surface area contributed by atoms with Gasteiger partial charge in [-0.2, -0.15) is 5.26 Å². The number of benzene rings is 3. The van der Waals surface area contributed by atoms with Crippen LogP contribution in [0.5, 0.6) is 5.75 Å². The number of carbonyl (C=O) groups is 3. The van der Waals surface area contributed by atoms with Crippen LogP contribution in [0.1, 0.15) is 47.7 Å². The summed E-state index contributed by atoms with van der Waals surface area (Å²) >= 11 is 12.2. The Kier molecular flexibility index (Phi) is 10.3. The van der Waals surface area contributed by atoms with E-state index in [2.05, 4.69) is 6.07 Å². The van der Waals surface area contributed by atoms with Crippen LogP contribution in [0.4, 0.5) is 8.78 Å². The number of rotatable bonds is 10. The summed E-state index contributed by atoms with van der Waals surface area (Å²) in [6.07, 6.45) is -2.03. The van der Waals surface area contributed by atoms with E-state index in [9.17, 15) is 24.8 Å². The number of nitrogens with two attached hydrogens (primary N) is 1. The summed E-state index contributed by atoms with van der Waals surface area (Å²) < 4.78 is 42.8. The Morgan fingerprint density at radius 2 is 1.84 bits per heavy atom. The summed E-state index contributed by atoms with van der Waals surface area (Å²) in [7, 11) is 0. The van der Waals surface area contributed by atoms with Crippen molar-refractivity contribution in [3.63, 3.8) is 0 Å². The molecule has 45 heavy (non-hydrogen) atoms. The molecule has 0 spiro atoms. The summed E-state index contributed by atoms with van der Waals surface area (Å²) in [4.78, 5) is 40.8. The number of carbonyl (C=O) groups excluding carboxylic acids is 3. The van der Waals surface area contributed by atoms with E-state index in [-0.39, 0.29) is 39.1 Å². The Balaban J connectivity index is 2.02. The van der Waals surface area contributed by atoms with Crippen molar-refractivity contribution in [3.8, 4) is 11.8 Å². The Hall–Kier alpha value is -4.24. The molecule has 3 aromatic carbocycles. The van der Waals surface area contributed by atoms with Gasteiger partial charge in [-0.25, -0.2) is 13.6 Å². The number of amides is 2. The Morgan fingerprint density at radius 1 is 1.13 bits per heavy atom. The molecule has 2 amide bonds. The highest BCUT2D eigenvalue weighted by Crippen LogP contribution is 2.55. The SMILES string of the molecule is CCOc1ccccc1C(=O)N1[C@@H](C)[C@](C#N)(c2ccc(Cl)cc2F)[C@@H](c2cccc(Cl)c2F)[C@@H]1C(=O)OCC(O)CC(N)=O. The average Bonchev–Trinajstić information content (AvgIpc) is 3.25. The van der Waals surface area contributed by atoms with Gasteiger partial charge in [-0.05, 0) is 49.7 Å². The smallest absolute Gasteiger partial charge is 0.329 e. The molecular formula is C32H29Cl2F2N3O6. The fourth-order valence-corrected chi connectivity index (χ4v) is 6.26. The topological polar surface area (TPSA) is 143 Å². The molecule has 1 aliphatic heterocycles. The van der Waals surface area contributed by atoms with Gasteiger partial charge in [0, 0.05) is 16.5 Å². The largest absolute Gasteiger partial charge is 0.493 e. The zero-order valence-electron chi connectivity index (χ0n) is 24.2. The lowest BCUT2D eigenvalue weighted by atomic mass is 9.65. The van der Waals surface area contributed by atoms with Gasteiger partial charge >= 0.3 is 5.97 Å². The molecule has 5 atom stereocenters. The molecule has 1 fully saturated rings. The fraction of sp³-hybridized carbons (Fsp3) is 0.312. The van der Waals surface area contributed by atoms with E-state index < -0.39 is 72.0 Å². The van der Waals surface area contributed by atoms with Crippen LogP contribution in [0.15, 0.2) is 60.7 Å². The second-order valence-corrected chi connectivity index (χ2v) is 11.3. The van der Waals surface area contributed by atoms with Crippen molar-refractivity contribution in [2.24, 2.45) is 5.73 Å². The van der Waals surface area contributed by atoms with Crippen molar-refractivity contribution in [2.75, 3.05) is 13.2 Å². The van der Waals surface area contributed by atoms with Crippen molar-refractivity contribution < 1.29 is 37.7 Å². The number of halogens is 4. The van der Waals surface area contributed by atoms with Gasteiger partial charge in [-0.3, -0.25) is 9.59 Å². The maximum atomic E-state index is 15.9. The predicted molar refractivity (Wildman–Crippen MR) is 161 cm³/mol. The molecule has 0 radical (unpaired) electrons. The third-order valence-corrected chi connectivity index (χ3v) is 8.34. The highest BCUT2D eigenvalue weighted by atomic mass is 35.5. The number of hydrogen-bond acceptors (Lipinski definition) is 7. The first-order valence-electron chi connectivity index (χ1n) is 13.9. The lowest BCUT2D eigenvalue weighted by Gasteiger charge is -2.34. The minimum Gasteiger partial charge on any atom is -0.493 e. The molecule has 0 bridgehead atoms. The van der Waals surface area contributed by atoms with Crippen LogP contribution in [-0.2, 0) is 19.7 Å². The molecule has 3 N–H and O–H groups in total. The van der Waals surface area contributed by atoms with E-state index >= 15 is 8.78 Å². The Bertz CT molecular complexity index is 1670. The predicted octanol–water partition coefficient (Wildman–Crippen LogP) is 4.91. The maximum absolute atomic E-state index is 15.9. The number of nitriles is 1. The second kappa shape index (κ2) is 13.8. The minimum atomic E-state index is -2.12. The second-order valence-electron chi connectivity index (χ2n) is 10.4. The number of esters is 1. The number of likely N-dealkylation sites (tertiary alicyclic amines) is 1. The summed E-state index contributed by atoms with van der Waals surface area (Å²) in [5.74, 6) is -6.20. The first-order valence-corrected chi connectivity index (χ1v) is 14.6. The highest BCUT2D eigenvalue weighted by Gasteiger charge is 2.65. The first-order chi connectivity index (χ1) is 21.4. The van der Waals surface area contributed by atoms with E-state index in [1.54, 1.807) is 19.1 Å². The van der Waals surface area contributed by atoms with Gasteiger partial charge in [0.2, 0.25) is 5.91 Å². The van der Waals surface area contributed by atoms with Crippen LogP contribution in [0, 0.1) is 23.0 Å². The molecule has 0 aromatic heterocycles. The van der Waals surface area contributed by atoms with Gasteiger partial charge in [-0.1, -0.05) is 53.5 Å². The Morgan fingerprint density at radius 3 is 2.49 bits per heavy atom. The average molecular weight is 661 g/mol. The number of aliphatic hydroxyl groups excluding tert-OH is 1. The first kappa shape index (κ1) is 33.6. The summed E-state index contributed by atoms with van der Waals surface area (Å²) in [5.41, 5.74) is 2.50. The lowest BCUT2D eigenvalue weighted by molar-refractivity contribution is -0.152. The molecule has 1 heterocycles. The maximum Gasteiger partial charge on any atom is 0.329 e. The number of nitrogens with zero attached hydrogens (tertiary/aromatic N) is 2. The van der Waals surface area contributed by atoms with Gasteiger partial charge in [0.1, 0.15) is 35.4 Å². The quantitative estimate of drug-likeness (QED) is 0.295. The molecule has 236 valence electrons. The van der Waals surface area contributed by atoms with Gasteiger partial charge in [0.05, 0.1) is 41.8 Å². The standard InChI is InChI=1S/C32H29Cl2F2N3O6/c1-3-44-25-10-5-4-7-20(25)30(42)39-17(2)32(16-37,22-12-11-18(33)13-24(22)35)27(21-8-6-9-23(34)28(21)36)29(39)31(43)45-15-19(40)14-26(38)41/h4-13,17,19,27,29,40H,3,14-15H2,1-2H3,(H2,38,41)/t17-,19?,27-,29+,32+/m0/s1. The van der Waals surface area contributed by atoms with Gasteiger partial charge in [0.25, 0.3) is 5.91 Å². The number of hydrogen-bond donors (Lipinski definition) is 2. The molecule has 1 aliphatic rings. The molecular weight excluding hydrogens is 631 g/mol. The zero-order chi connectivity index (χ0) is 33.1. The summed E-state index contributed by atoms with van der Waals surface area (Å²) in [5, 5.41) is 20.8. The molecule has 3 aromatic rings. The van der Waals surface area contributed by atoms with Crippen molar-refractivity contribution in [2.45, 2.75) is 49.8 Å². The van der Waals surface area contributed by atoms with Crippen molar-refractivity contribution >= 4 is 41.0 Å². The fourth-order valence-electron chi connectivity index (χ4n) is 5.92. The monoisotopic (exact) mass is 659 g/mol. The molecule has 1 unspecified atom stereocenters. The summed E-state index contributed by atoms with van der Waals surface area (Å²) in [6, 6.07) is 12.7. The molecule has 13 heteroatoms. The number of para-hydroxylation sites is 1. The van der Waals surface area contributed by atoms with Gasteiger partial charge in [-0.15, -0.1) is 0 Å². The number of aliphatic hydroxyl groups is 1. The Labute approximate surface area is 268 Å². The molecule has 0 saturated carbocycles. The van der Waals surface area contributed by atoms with Crippen LogP contribution in [0.2, 0.25) is 10.0 Å². The zero-order valence-corrected chi connectivity index (χ0v) is 25.7. The van der Waals surface area contributed by atoms with E-state index in [4.69, 9.17) is 38.4 Å². The van der Waals surface area contributed by atoms with Gasteiger partial charge in [0.15, 0.2) is 0 Å². The lowest BCUT2D eigenvalue weighted by Crippen LogP contribution is -2.47. The molecule has 9 nitrogen and oxygen atoms in total.